The molecule has 43 heavy (non-hydrogen) atoms. The predicted molar refractivity (Wildman–Crippen MR) is 157 cm³/mol. The van der Waals surface area contributed by atoms with Gasteiger partial charge in [0.15, 0.2) is 5.82 Å². The van der Waals surface area contributed by atoms with Crippen LogP contribution in [-0.4, -0.2) is 112 Å². The number of hydrogen-bond acceptors (Lipinski definition) is 9. The van der Waals surface area contributed by atoms with Crippen molar-refractivity contribution in [2.24, 2.45) is 0 Å². The van der Waals surface area contributed by atoms with Crippen LogP contribution in [0.15, 0.2) is 36.4 Å². The third kappa shape index (κ3) is 8.73. The highest BCUT2D eigenvalue weighted by Crippen LogP contribution is 2.42. The lowest BCUT2D eigenvalue weighted by molar-refractivity contribution is -0.133. The Morgan fingerprint density at radius 2 is 1.77 bits per heavy atom. The summed E-state index contributed by atoms with van der Waals surface area (Å²) in [6.07, 6.45) is 1.36. The number of hydrogen-bond donors (Lipinski definition) is 3. The van der Waals surface area contributed by atoms with Crippen LogP contribution in [-0.2, 0) is 18.8 Å². The number of piperazine rings is 1. The lowest BCUT2D eigenvalue weighted by atomic mass is 10.2. The molecule has 0 bridgehead atoms. The Labute approximate surface area is 250 Å². The van der Waals surface area contributed by atoms with Gasteiger partial charge in [-0.1, -0.05) is 43.7 Å². The summed E-state index contributed by atoms with van der Waals surface area (Å²) in [5.74, 6) is -2.41. The van der Waals surface area contributed by atoms with E-state index in [2.05, 4.69) is 15.3 Å². The third-order valence-electron chi connectivity index (χ3n) is 7.47. The number of nitrogens with one attached hydrogen (secondary N) is 1. The number of carbonyl (C=O) groups is 3. The summed E-state index contributed by atoms with van der Waals surface area (Å²) >= 11 is 0. The molecule has 0 spiro atoms. The van der Waals surface area contributed by atoms with Crippen LogP contribution in [0.2, 0.25) is 0 Å². The Hall–Kier alpha value is -3.58. The molecular weight excluding hydrogens is 579 g/mol. The molecule has 0 saturated carbocycles. The number of carbonyl (C=O) groups excluding carboxylic acids is 3. The van der Waals surface area contributed by atoms with Crippen LogP contribution in [0.1, 0.15) is 43.1 Å². The second-order valence-corrected chi connectivity index (χ2v) is 12.3. The van der Waals surface area contributed by atoms with Gasteiger partial charge in [0.05, 0.1) is 19.1 Å². The van der Waals surface area contributed by atoms with Gasteiger partial charge in [0.1, 0.15) is 17.3 Å². The first-order chi connectivity index (χ1) is 20.6. The van der Waals surface area contributed by atoms with E-state index in [-0.39, 0.29) is 43.8 Å². The van der Waals surface area contributed by atoms with Crippen molar-refractivity contribution in [3.63, 3.8) is 0 Å². The molecule has 0 unspecified atom stereocenters. The summed E-state index contributed by atoms with van der Waals surface area (Å²) in [7, 11) is -3.31. The summed E-state index contributed by atoms with van der Waals surface area (Å²) in [6, 6.07) is 10.5. The number of benzene rings is 1. The molecule has 3 N–H and O–H groups in total. The van der Waals surface area contributed by atoms with Gasteiger partial charge in [-0.25, -0.2) is 14.8 Å². The maximum Gasteiger partial charge on any atom is 0.409 e. The quantitative estimate of drug-likeness (QED) is 0.248. The van der Waals surface area contributed by atoms with Gasteiger partial charge in [0.25, 0.3) is 5.91 Å². The highest BCUT2D eigenvalue weighted by molar-refractivity contribution is 7.52. The molecule has 0 radical (unpaired) electrons. The lowest BCUT2D eigenvalue weighted by Crippen LogP contribution is -2.52. The highest BCUT2D eigenvalue weighted by atomic mass is 31.2. The van der Waals surface area contributed by atoms with Crippen molar-refractivity contribution in [1.82, 2.24) is 25.1 Å². The summed E-state index contributed by atoms with van der Waals surface area (Å²) < 4.78 is 23.1. The molecule has 14 nitrogen and oxygen atoms in total. The maximum absolute atomic E-state index is 13.4. The molecule has 3 amide bonds. The van der Waals surface area contributed by atoms with Gasteiger partial charge >= 0.3 is 13.7 Å². The summed E-state index contributed by atoms with van der Waals surface area (Å²) in [6.45, 7) is 4.34. The fraction of sp³-hybridized carbons (Fsp3) is 0.536. The largest absolute Gasteiger partial charge is 0.449 e. The number of nitrogens with zero attached hydrogens (tertiary/aromatic N) is 5. The Morgan fingerprint density at radius 3 is 2.40 bits per heavy atom. The lowest BCUT2D eigenvalue weighted by Gasteiger charge is -2.34. The predicted octanol–water partition coefficient (Wildman–Crippen LogP) is 2.07. The van der Waals surface area contributed by atoms with Crippen LogP contribution in [0, 0.1) is 0 Å². The molecule has 2 aromatic rings. The molecule has 2 aliphatic rings. The summed E-state index contributed by atoms with van der Waals surface area (Å²) in [4.78, 5) is 72.6. The van der Waals surface area contributed by atoms with E-state index in [9.17, 15) is 28.7 Å². The molecule has 2 saturated heterocycles. The third-order valence-corrected chi connectivity index (χ3v) is 8.59. The Balaban J connectivity index is 1.46. The van der Waals surface area contributed by atoms with Crippen LogP contribution in [0.25, 0.3) is 11.4 Å². The zero-order valence-corrected chi connectivity index (χ0v) is 25.3. The van der Waals surface area contributed by atoms with E-state index in [0.717, 1.165) is 19.3 Å². The number of unbranched alkanes of at least 4 members (excludes halogenated alkanes) is 1. The second kappa shape index (κ2) is 14.7. The highest BCUT2D eigenvalue weighted by Gasteiger charge is 2.36. The molecular formula is C28H39N6O8P. The SMILES string of the molecule is CCCCOC(=O)N1CCN(C(=O)C[C@H](NC(=O)c2cc(N3CC[C@H](OC)C3)nc(-c3ccccc3)n2)P(=O)(O)O)CC1. The Morgan fingerprint density at radius 1 is 1.07 bits per heavy atom. The van der Waals surface area contributed by atoms with Crippen molar-refractivity contribution in [2.75, 3.05) is 57.9 Å². The van der Waals surface area contributed by atoms with Crippen molar-refractivity contribution in [3.05, 3.63) is 42.1 Å². The minimum Gasteiger partial charge on any atom is -0.449 e. The zero-order chi connectivity index (χ0) is 31.0. The fourth-order valence-electron chi connectivity index (χ4n) is 4.87. The number of rotatable bonds is 11. The monoisotopic (exact) mass is 618 g/mol. The van der Waals surface area contributed by atoms with E-state index >= 15 is 0 Å². The fourth-order valence-corrected chi connectivity index (χ4v) is 5.54. The molecule has 1 aromatic heterocycles. The van der Waals surface area contributed by atoms with E-state index in [1.54, 1.807) is 19.2 Å². The normalized spacial score (nSPS) is 18.0. The van der Waals surface area contributed by atoms with E-state index in [4.69, 9.17) is 9.47 Å². The molecule has 2 atom stereocenters. The van der Waals surface area contributed by atoms with Crippen molar-refractivity contribution < 1.29 is 38.2 Å². The van der Waals surface area contributed by atoms with Gasteiger partial charge in [0.2, 0.25) is 5.91 Å². The first-order valence-corrected chi connectivity index (χ1v) is 16.0. The van der Waals surface area contributed by atoms with Crippen LogP contribution in [0.4, 0.5) is 10.6 Å². The van der Waals surface area contributed by atoms with Gasteiger partial charge in [-0.2, -0.15) is 0 Å². The molecule has 15 heteroatoms. The van der Waals surface area contributed by atoms with Crippen molar-refractivity contribution in [3.8, 4) is 11.4 Å². The van der Waals surface area contributed by atoms with Crippen LogP contribution < -0.4 is 10.2 Å². The van der Waals surface area contributed by atoms with E-state index in [1.807, 2.05) is 30.0 Å². The van der Waals surface area contributed by atoms with Gasteiger partial charge in [-0.3, -0.25) is 14.2 Å². The van der Waals surface area contributed by atoms with E-state index in [1.165, 1.54) is 15.9 Å². The molecule has 0 aliphatic carbocycles. The Kier molecular flexibility index (Phi) is 11.1. The molecule has 2 aliphatic heterocycles. The van der Waals surface area contributed by atoms with Crippen molar-refractivity contribution >= 4 is 31.3 Å². The number of amides is 3. The van der Waals surface area contributed by atoms with E-state index in [0.29, 0.717) is 31.1 Å². The minimum atomic E-state index is -4.95. The van der Waals surface area contributed by atoms with Crippen molar-refractivity contribution in [1.29, 1.82) is 0 Å². The first kappa shape index (κ1) is 32.3. The molecule has 3 heterocycles. The smallest absolute Gasteiger partial charge is 0.409 e. The number of anilines is 1. The number of methoxy groups -OCH3 is 1. The number of ether oxygens (including phenoxy) is 2. The van der Waals surface area contributed by atoms with Crippen LogP contribution in [0.5, 0.6) is 0 Å². The topological polar surface area (TPSA) is 175 Å². The van der Waals surface area contributed by atoms with Gasteiger partial charge in [-0.05, 0) is 12.8 Å². The average Bonchev–Trinajstić information content (AvgIpc) is 3.50. The van der Waals surface area contributed by atoms with Gasteiger partial charge in [-0.15, -0.1) is 0 Å². The summed E-state index contributed by atoms with van der Waals surface area (Å²) in [5, 5.41) is 2.35. The standard InChI is InChI=1S/C28H39N6O8P/c1-3-4-16-42-28(37)33-14-12-32(13-15-33)25(35)18-24(43(38,39)40)31-27(36)22-17-23(34-11-10-21(19-34)41-2)30-26(29-22)20-8-6-5-7-9-20/h5-9,17,21,24H,3-4,10-16,18-19H2,1-2H3,(H,31,36)(H2,38,39,40)/t21-,24+/m0/s1. The minimum absolute atomic E-state index is 0.00559. The molecule has 4 rings (SSSR count). The molecule has 1 aromatic carbocycles. The van der Waals surface area contributed by atoms with Gasteiger partial charge < -0.3 is 39.3 Å². The maximum atomic E-state index is 13.4. The second-order valence-electron chi connectivity index (χ2n) is 10.5. The zero-order valence-electron chi connectivity index (χ0n) is 24.4. The van der Waals surface area contributed by atoms with E-state index < -0.39 is 37.7 Å². The summed E-state index contributed by atoms with van der Waals surface area (Å²) in [5.41, 5.74) is 0.571. The molecule has 2 fully saturated rings. The van der Waals surface area contributed by atoms with Crippen molar-refractivity contribution in [2.45, 2.75) is 44.5 Å². The van der Waals surface area contributed by atoms with Gasteiger partial charge in [0, 0.05) is 58.0 Å². The van der Waals surface area contributed by atoms with Crippen LogP contribution in [0.3, 0.4) is 0 Å². The Bertz CT molecular complexity index is 1320. The molecule has 234 valence electrons. The number of aromatic nitrogens is 2. The average molecular weight is 619 g/mol. The van der Waals surface area contributed by atoms with Crippen LogP contribution >= 0.6 is 7.60 Å². The first-order valence-electron chi connectivity index (χ1n) is 14.4.